The molecule has 0 bridgehead atoms. The molecule has 0 saturated carbocycles. The van der Waals surface area contributed by atoms with Crippen LogP contribution in [-0.2, 0) is 4.79 Å². The van der Waals surface area contributed by atoms with Crippen LogP contribution in [-0.4, -0.2) is 11.0 Å². The molecule has 6 heteroatoms. The van der Waals surface area contributed by atoms with Gasteiger partial charge in [-0.25, -0.2) is 0 Å². The number of halogens is 2. The quantitative estimate of drug-likeness (QED) is 0.400. The predicted molar refractivity (Wildman–Crippen MR) is 97.2 cm³/mol. The standard InChI is InChI=1S/C16H10BrIN2O2/c17-12-5-6-15(21)10(8-12)7-11(9-19)16(22)20-14-4-2-1-3-13(14)18/h1-8,21H,(H,20,22)/b11-7-. The Balaban J connectivity index is 2.30. The molecule has 0 aliphatic carbocycles. The number of carbonyl (C=O) groups excluding carboxylic acids is 1. The number of hydrogen-bond donors (Lipinski definition) is 2. The second-order valence-electron chi connectivity index (χ2n) is 4.31. The lowest BCUT2D eigenvalue weighted by Crippen LogP contribution is -2.14. The van der Waals surface area contributed by atoms with Crippen LogP contribution in [0.2, 0.25) is 0 Å². The number of aromatic hydroxyl groups is 1. The molecular weight excluding hydrogens is 459 g/mol. The van der Waals surface area contributed by atoms with Crippen molar-refractivity contribution < 1.29 is 9.90 Å². The van der Waals surface area contributed by atoms with Crippen LogP contribution in [0.3, 0.4) is 0 Å². The van der Waals surface area contributed by atoms with Crippen LogP contribution in [0.25, 0.3) is 6.08 Å². The first-order chi connectivity index (χ1) is 10.5. The van der Waals surface area contributed by atoms with Gasteiger partial charge in [0.25, 0.3) is 5.91 Å². The van der Waals surface area contributed by atoms with Gasteiger partial charge in [-0.05, 0) is 59.0 Å². The topological polar surface area (TPSA) is 73.1 Å². The highest BCUT2D eigenvalue weighted by molar-refractivity contribution is 14.1. The Morgan fingerprint density at radius 2 is 2.05 bits per heavy atom. The van der Waals surface area contributed by atoms with E-state index >= 15 is 0 Å². The average molecular weight is 469 g/mol. The molecule has 0 spiro atoms. The van der Waals surface area contributed by atoms with Gasteiger partial charge in [-0.15, -0.1) is 0 Å². The van der Waals surface area contributed by atoms with Gasteiger partial charge in [-0.1, -0.05) is 28.1 Å². The summed E-state index contributed by atoms with van der Waals surface area (Å²) in [4.78, 5) is 12.2. The van der Waals surface area contributed by atoms with Gasteiger partial charge in [0, 0.05) is 13.6 Å². The van der Waals surface area contributed by atoms with Crippen molar-refractivity contribution in [3.8, 4) is 11.8 Å². The van der Waals surface area contributed by atoms with E-state index in [-0.39, 0.29) is 11.3 Å². The number of benzene rings is 2. The van der Waals surface area contributed by atoms with E-state index in [1.807, 2.05) is 18.2 Å². The summed E-state index contributed by atoms with van der Waals surface area (Å²) in [5.41, 5.74) is 0.935. The maximum atomic E-state index is 12.2. The Bertz CT molecular complexity index is 797. The highest BCUT2D eigenvalue weighted by Gasteiger charge is 2.12. The van der Waals surface area contributed by atoms with Gasteiger partial charge in [0.05, 0.1) is 5.69 Å². The first-order valence-electron chi connectivity index (χ1n) is 6.17. The van der Waals surface area contributed by atoms with Gasteiger partial charge >= 0.3 is 0 Å². The van der Waals surface area contributed by atoms with Crippen LogP contribution in [0.15, 0.2) is 52.5 Å². The third-order valence-corrected chi connectivity index (χ3v) is 4.21. The van der Waals surface area contributed by atoms with Crippen molar-refractivity contribution in [3.05, 3.63) is 61.6 Å². The Morgan fingerprint density at radius 3 is 2.73 bits per heavy atom. The van der Waals surface area contributed by atoms with E-state index in [1.54, 1.807) is 24.3 Å². The maximum absolute atomic E-state index is 12.2. The zero-order chi connectivity index (χ0) is 16.1. The molecule has 0 radical (unpaired) electrons. The Labute approximate surface area is 149 Å². The fourth-order valence-electron chi connectivity index (χ4n) is 1.70. The van der Waals surface area contributed by atoms with Crippen molar-refractivity contribution in [1.29, 1.82) is 5.26 Å². The third kappa shape index (κ3) is 4.08. The van der Waals surface area contributed by atoms with Gasteiger partial charge in [0.2, 0.25) is 0 Å². The Morgan fingerprint density at radius 1 is 1.32 bits per heavy atom. The number of amides is 1. The van der Waals surface area contributed by atoms with Crippen LogP contribution < -0.4 is 5.32 Å². The summed E-state index contributed by atoms with van der Waals surface area (Å²) < 4.78 is 1.61. The lowest BCUT2D eigenvalue weighted by molar-refractivity contribution is -0.112. The average Bonchev–Trinajstić information content (AvgIpc) is 2.50. The number of nitriles is 1. The van der Waals surface area contributed by atoms with Crippen LogP contribution in [0.5, 0.6) is 5.75 Å². The lowest BCUT2D eigenvalue weighted by atomic mass is 10.1. The molecule has 0 aliphatic heterocycles. The van der Waals surface area contributed by atoms with Gasteiger partial charge in [-0.2, -0.15) is 5.26 Å². The lowest BCUT2D eigenvalue weighted by Gasteiger charge is -2.07. The molecular formula is C16H10BrIN2O2. The number of phenols is 1. The highest BCUT2D eigenvalue weighted by Crippen LogP contribution is 2.25. The highest BCUT2D eigenvalue weighted by atomic mass is 127. The summed E-state index contributed by atoms with van der Waals surface area (Å²) in [6, 6.07) is 13.9. The van der Waals surface area contributed by atoms with Gasteiger partial charge in [-0.3, -0.25) is 4.79 Å². The van der Waals surface area contributed by atoms with Crippen molar-refractivity contribution in [3.63, 3.8) is 0 Å². The van der Waals surface area contributed by atoms with E-state index in [9.17, 15) is 15.2 Å². The van der Waals surface area contributed by atoms with E-state index in [2.05, 4.69) is 43.8 Å². The number of hydrogen-bond acceptors (Lipinski definition) is 3. The molecule has 2 rings (SSSR count). The molecule has 22 heavy (non-hydrogen) atoms. The number of carbonyl (C=O) groups is 1. The van der Waals surface area contributed by atoms with E-state index in [1.165, 1.54) is 12.1 Å². The Kier molecular flexibility index (Phi) is 5.57. The SMILES string of the molecule is N#C/C(=C/c1cc(Br)ccc1O)C(=O)Nc1ccccc1I. The number of rotatable bonds is 3. The summed E-state index contributed by atoms with van der Waals surface area (Å²) in [6.45, 7) is 0. The predicted octanol–water partition coefficient (Wildman–Crippen LogP) is 4.30. The molecule has 4 nitrogen and oxygen atoms in total. The Hall–Kier alpha value is -1.85. The second-order valence-corrected chi connectivity index (χ2v) is 6.38. The molecule has 110 valence electrons. The minimum Gasteiger partial charge on any atom is -0.507 e. The fraction of sp³-hybridized carbons (Fsp3) is 0. The zero-order valence-corrected chi connectivity index (χ0v) is 14.9. The van der Waals surface area contributed by atoms with E-state index in [0.29, 0.717) is 11.3 Å². The second kappa shape index (κ2) is 7.42. The van der Waals surface area contributed by atoms with Crippen LogP contribution >= 0.6 is 38.5 Å². The van der Waals surface area contributed by atoms with Gasteiger partial charge in [0.15, 0.2) is 0 Å². The first-order valence-corrected chi connectivity index (χ1v) is 8.04. The molecule has 0 aliphatic rings. The summed E-state index contributed by atoms with van der Waals surface area (Å²) in [7, 11) is 0. The normalized spacial score (nSPS) is 10.9. The van der Waals surface area contributed by atoms with Crippen molar-refractivity contribution in [1.82, 2.24) is 0 Å². The van der Waals surface area contributed by atoms with Crippen molar-refractivity contribution in [2.24, 2.45) is 0 Å². The molecule has 0 saturated heterocycles. The third-order valence-electron chi connectivity index (χ3n) is 2.78. The van der Waals surface area contributed by atoms with Crippen LogP contribution in [0.1, 0.15) is 5.56 Å². The number of para-hydroxylation sites is 1. The molecule has 0 unspecified atom stereocenters. The molecule has 2 N–H and O–H groups in total. The number of phenolic OH excluding ortho intramolecular Hbond substituents is 1. The molecule has 2 aromatic rings. The van der Waals surface area contributed by atoms with Crippen molar-refractivity contribution in [2.45, 2.75) is 0 Å². The molecule has 0 heterocycles. The molecule has 1 amide bonds. The number of nitrogens with one attached hydrogen (secondary N) is 1. The minimum atomic E-state index is -0.522. The van der Waals surface area contributed by atoms with E-state index < -0.39 is 5.91 Å². The van der Waals surface area contributed by atoms with Gasteiger partial charge in [0.1, 0.15) is 17.4 Å². The maximum Gasteiger partial charge on any atom is 0.266 e. The smallest absolute Gasteiger partial charge is 0.266 e. The van der Waals surface area contributed by atoms with Crippen molar-refractivity contribution >= 4 is 56.2 Å². The largest absolute Gasteiger partial charge is 0.507 e. The summed E-state index contributed by atoms with van der Waals surface area (Å²) in [5, 5.41) is 21.7. The zero-order valence-electron chi connectivity index (χ0n) is 11.2. The van der Waals surface area contributed by atoms with Crippen LogP contribution in [0, 0.1) is 14.9 Å². The molecule has 2 aromatic carbocycles. The van der Waals surface area contributed by atoms with Crippen molar-refractivity contribution in [2.75, 3.05) is 5.32 Å². The van der Waals surface area contributed by atoms with E-state index in [4.69, 9.17) is 0 Å². The van der Waals surface area contributed by atoms with E-state index in [0.717, 1.165) is 8.04 Å². The molecule has 0 aromatic heterocycles. The summed E-state index contributed by atoms with van der Waals surface area (Å²) in [5.74, 6) is -0.524. The number of anilines is 1. The minimum absolute atomic E-state index is 0.00181. The monoisotopic (exact) mass is 468 g/mol. The molecule has 0 fully saturated rings. The van der Waals surface area contributed by atoms with Crippen LogP contribution in [0.4, 0.5) is 5.69 Å². The van der Waals surface area contributed by atoms with Gasteiger partial charge < -0.3 is 10.4 Å². The fourth-order valence-corrected chi connectivity index (χ4v) is 2.60. The molecule has 0 atom stereocenters. The number of nitrogens with zero attached hydrogens (tertiary/aromatic N) is 1. The summed E-state index contributed by atoms with van der Waals surface area (Å²) in [6.07, 6.45) is 1.35. The summed E-state index contributed by atoms with van der Waals surface area (Å²) >= 11 is 5.38. The first kappa shape index (κ1) is 16.5.